The number of hydrogen-bond acceptors (Lipinski definition) is 5. The number of nitrogens with zero attached hydrogens (tertiary/aromatic N) is 3. The van der Waals surface area contributed by atoms with Gasteiger partial charge in [-0.3, -0.25) is 0 Å². The lowest BCUT2D eigenvalue weighted by Gasteiger charge is -2.35. The van der Waals surface area contributed by atoms with Gasteiger partial charge in [0.05, 0.1) is 6.54 Å². The molecule has 0 spiro atoms. The molecule has 0 radical (unpaired) electrons. The number of likely N-dealkylation sites (tertiary alicyclic amines) is 1. The minimum Gasteiger partial charge on any atom is -0.444 e. The molecule has 12 heteroatoms. The average molecular weight is 563 g/mol. The second-order valence-corrected chi connectivity index (χ2v) is 8.67. The molecule has 1 aromatic rings. The summed E-state index contributed by atoms with van der Waals surface area (Å²) in [5.74, 6) is 0.479. The molecule has 1 unspecified atom stereocenters. The molecule has 1 atom stereocenters. The summed E-state index contributed by atoms with van der Waals surface area (Å²) in [7, 11) is 0. The van der Waals surface area contributed by atoms with Gasteiger partial charge in [-0.2, -0.15) is 13.2 Å². The SMILES string of the molecule is CCNC(=NCc1nc(C(F)(F)F)cs1)NC1CCCN(C(=O)OC(C)(C)C)C1.I. The van der Waals surface area contributed by atoms with E-state index in [2.05, 4.69) is 20.6 Å². The van der Waals surface area contributed by atoms with Crippen molar-refractivity contribution >= 4 is 47.4 Å². The van der Waals surface area contributed by atoms with Crippen LogP contribution in [0.2, 0.25) is 0 Å². The molecule has 2 N–H and O–H groups in total. The molecule has 7 nitrogen and oxygen atoms in total. The van der Waals surface area contributed by atoms with E-state index in [1.807, 2.05) is 27.7 Å². The van der Waals surface area contributed by atoms with E-state index in [1.54, 1.807) is 4.90 Å². The molecule has 172 valence electrons. The van der Waals surface area contributed by atoms with E-state index < -0.39 is 17.5 Å². The van der Waals surface area contributed by atoms with Gasteiger partial charge in [-0.05, 0) is 40.5 Å². The molecule has 0 aliphatic carbocycles. The van der Waals surface area contributed by atoms with Crippen LogP contribution >= 0.6 is 35.3 Å². The number of aromatic nitrogens is 1. The number of rotatable bonds is 4. The first-order valence-electron chi connectivity index (χ1n) is 9.52. The maximum Gasteiger partial charge on any atom is 0.434 e. The van der Waals surface area contributed by atoms with E-state index in [0.29, 0.717) is 25.6 Å². The third kappa shape index (κ3) is 8.82. The van der Waals surface area contributed by atoms with E-state index in [1.165, 1.54) is 0 Å². The van der Waals surface area contributed by atoms with Crippen molar-refractivity contribution in [1.82, 2.24) is 20.5 Å². The van der Waals surface area contributed by atoms with Crippen molar-refractivity contribution in [3.05, 3.63) is 16.1 Å². The van der Waals surface area contributed by atoms with Crippen LogP contribution in [0.1, 0.15) is 51.2 Å². The number of piperidine rings is 1. The van der Waals surface area contributed by atoms with Gasteiger partial charge < -0.3 is 20.3 Å². The summed E-state index contributed by atoms with van der Waals surface area (Å²) >= 11 is 0.929. The van der Waals surface area contributed by atoms with Gasteiger partial charge in [-0.1, -0.05) is 0 Å². The zero-order valence-corrected chi connectivity index (χ0v) is 20.7. The molecule has 0 aromatic carbocycles. The highest BCUT2D eigenvalue weighted by atomic mass is 127. The van der Waals surface area contributed by atoms with Crippen molar-refractivity contribution in [2.24, 2.45) is 4.99 Å². The number of guanidine groups is 1. The van der Waals surface area contributed by atoms with E-state index in [4.69, 9.17) is 4.74 Å². The number of nitrogens with one attached hydrogen (secondary N) is 2. The van der Waals surface area contributed by atoms with E-state index >= 15 is 0 Å². The Kier molecular flexibility index (Phi) is 10.1. The number of alkyl halides is 3. The summed E-state index contributed by atoms with van der Waals surface area (Å²) in [6.07, 6.45) is -3.14. The second kappa shape index (κ2) is 11.3. The van der Waals surface area contributed by atoms with Gasteiger partial charge in [-0.25, -0.2) is 14.8 Å². The van der Waals surface area contributed by atoms with Gasteiger partial charge in [0.2, 0.25) is 0 Å². The predicted molar refractivity (Wildman–Crippen MR) is 121 cm³/mol. The average Bonchev–Trinajstić information content (AvgIpc) is 3.08. The number of hydrogen-bond donors (Lipinski definition) is 2. The third-order valence-corrected chi connectivity index (χ3v) is 4.81. The Hall–Kier alpha value is -1.31. The summed E-state index contributed by atoms with van der Waals surface area (Å²) in [6, 6.07) is -0.0314. The first-order chi connectivity index (χ1) is 13.5. The molecule has 1 aromatic heterocycles. The number of carbonyl (C=O) groups excluding carboxylic acids is 1. The van der Waals surface area contributed by atoms with Gasteiger partial charge >= 0.3 is 12.3 Å². The van der Waals surface area contributed by atoms with Gasteiger partial charge in [0.1, 0.15) is 10.6 Å². The van der Waals surface area contributed by atoms with Crippen LogP contribution in [0.15, 0.2) is 10.4 Å². The number of carbonyl (C=O) groups is 1. The van der Waals surface area contributed by atoms with Crippen LogP contribution in [0.4, 0.5) is 18.0 Å². The van der Waals surface area contributed by atoms with Crippen LogP contribution in [-0.4, -0.2) is 53.2 Å². The zero-order chi connectivity index (χ0) is 21.7. The fraction of sp³-hybridized carbons (Fsp3) is 0.722. The highest BCUT2D eigenvalue weighted by Crippen LogP contribution is 2.30. The van der Waals surface area contributed by atoms with Crippen LogP contribution in [-0.2, 0) is 17.5 Å². The van der Waals surface area contributed by atoms with Gasteiger partial charge in [-0.15, -0.1) is 35.3 Å². The summed E-state index contributed by atoms with van der Waals surface area (Å²) in [4.78, 5) is 21.9. The van der Waals surface area contributed by atoms with E-state index in [0.717, 1.165) is 29.6 Å². The maximum atomic E-state index is 12.7. The summed E-state index contributed by atoms with van der Waals surface area (Å²) in [5.41, 5.74) is -1.46. The van der Waals surface area contributed by atoms with Crippen molar-refractivity contribution in [1.29, 1.82) is 0 Å². The number of amides is 1. The number of thiazole rings is 1. The highest BCUT2D eigenvalue weighted by Gasteiger charge is 2.33. The van der Waals surface area contributed by atoms with Crippen molar-refractivity contribution < 1.29 is 22.7 Å². The Bertz CT molecular complexity index is 721. The fourth-order valence-electron chi connectivity index (χ4n) is 2.76. The second-order valence-electron chi connectivity index (χ2n) is 7.73. The largest absolute Gasteiger partial charge is 0.444 e. The van der Waals surface area contributed by atoms with Crippen molar-refractivity contribution in [2.75, 3.05) is 19.6 Å². The smallest absolute Gasteiger partial charge is 0.434 e. The standard InChI is InChI=1S/C18H28F3N5O2S.HI/c1-5-22-15(23-9-14-25-13(11-29-14)18(19,20)21)24-12-7-6-8-26(10-12)16(27)28-17(2,3)4;/h11-12H,5-10H2,1-4H3,(H2,22,23,24);1H. The number of aliphatic imine (C=N–C) groups is 1. The monoisotopic (exact) mass is 563 g/mol. The quantitative estimate of drug-likeness (QED) is 0.326. The van der Waals surface area contributed by atoms with Gasteiger partial charge in [0.25, 0.3) is 0 Å². The first kappa shape index (κ1) is 26.7. The maximum absolute atomic E-state index is 12.7. The van der Waals surface area contributed by atoms with Gasteiger partial charge in [0, 0.05) is 31.1 Å². The Labute approximate surface area is 195 Å². The molecule has 1 aliphatic rings. The minimum absolute atomic E-state index is 0. The molecule has 0 saturated carbocycles. The molecule has 30 heavy (non-hydrogen) atoms. The number of halogens is 4. The Morgan fingerprint density at radius 3 is 2.67 bits per heavy atom. The van der Waals surface area contributed by atoms with Crippen LogP contribution in [0, 0.1) is 0 Å². The normalized spacial score (nSPS) is 17.9. The molecular weight excluding hydrogens is 534 g/mol. The molecular formula is C18H29F3IN5O2S. The molecule has 2 rings (SSSR count). The molecule has 1 amide bonds. The highest BCUT2D eigenvalue weighted by molar-refractivity contribution is 14.0. The zero-order valence-electron chi connectivity index (χ0n) is 17.5. The van der Waals surface area contributed by atoms with Crippen LogP contribution in [0.3, 0.4) is 0 Å². The fourth-order valence-corrected chi connectivity index (χ4v) is 3.49. The van der Waals surface area contributed by atoms with E-state index in [9.17, 15) is 18.0 Å². The predicted octanol–water partition coefficient (Wildman–Crippen LogP) is 4.23. The van der Waals surface area contributed by atoms with Crippen LogP contribution in [0.25, 0.3) is 0 Å². The molecule has 1 saturated heterocycles. The third-order valence-electron chi connectivity index (χ3n) is 3.97. The molecule has 1 aliphatic heterocycles. The summed E-state index contributed by atoms with van der Waals surface area (Å²) in [6.45, 7) is 9.10. The lowest BCUT2D eigenvalue weighted by atomic mass is 10.1. The molecule has 0 bridgehead atoms. The Balaban J connectivity index is 0.00000450. The van der Waals surface area contributed by atoms with E-state index in [-0.39, 0.29) is 47.7 Å². The number of ether oxygens (including phenoxy) is 1. The summed E-state index contributed by atoms with van der Waals surface area (Å²) in [5, 5.41) is 7.61. The van der Waals surface area contributed by atoms with Crippen LogP contribution < -0.4 is 10.6 Å². The Morgan fingerprint density at radius 2 is 2.10 bits per heavy atom. The molecule has 1 fully saturated rings. The van der Waals surface area contributed by atoms with Crippen molar-refractivity contribution in [2.45, 2.75) is 64.9 Å². The minimum atomic E-state index is -4.45. The van der Waals surface area contributed by atoms with Gasteiger partial charge in [0.15, 0.2) is 11.7 Å². The van der Waals surface area contributed by atoms with Crippen molar-refractivity contribution in [3.8, 4) is 0 Å². The first-order valence-corrected chi connectivity index (χ1v) is 10.4. The van der Waals surface area contributed by atoms with Crippen molar-refractivity contribution in [3.63, 3.8) is 0 Å². The lowest BCUT2D eigenvalue weighted by molar-refractivity contribution is -0.140. The topological polar surface area (TPSA) is 78.9 Å². The molecule has 2 heterocycles. The lowest BCUT2D eigenvalue weighted by Crippen LogP contribution is -2.53. The van der Waals surface area contributed by atoms with Crippen LogP contribution in [0.5, 0.6) is 0 Å². The summed E-state index contributed by atoms with van der Waals surface area (Å²) < 4.78 is 43.5. The Morgan fingerprint density at radius 1 is 1.40 bits per heavy atom.